The van der Waals surface area contributed by atoms with Crippen LogP contribution >= 0.6 is 11.6 Å². The van der Waals surface area contributed by atoms with Crippen LogP contribution in [0.2, 0.25) is 5.02 Å². The molecule has 190 valence electrons. The summed E-state index contributed by atoms with van der Waals surface area (Å²) < 4.78 is 10.8. The van der Waals surface area contributed by atoms with Crippen molar-refractivity contribution in [3.05, 3.63) is 82.0 Å². The average molecular weight is 509 g/mol. The van der Waals surface area contributed by atoms with E-state index in [0.717, 1.165) is 54.6 Å². The molecule has 1 aliphatic rings. The number of pyridine rings is 1. The van der Waals surface area contributed by atoms with Crippen LogP contribution in [0.3, 0.4) is 0 Å². The highest BCUT2D eigenvalue weighted by atomic mass is 35.5. The zero-order chi connectivity index (χ0) is 25.7. The molecule has 36 heavy (non-hydrogen) atoms. The Morgan fingerprint density at radius 2 is 1.89 bits per heavy atom. The number of halogens is 1. The van der Waals surface area contributed by atoms with Crippen molar-refractivity contribution in [2.24, 2.45) is 0 Å². The second-order valence-electron chi connectivity index (χ2n) is 9.07. The monoisotopic (exact) mass is 508 g/mol. The average Bonchev–Trinajstić information content (AvgIpc) is 2.90. The summed E-state index contributed by atoms with van der Waals surface area (Å²) in [7, 11) is 3.31. The van der Waals surface area contributed by atoms with Crippen LogP contribution in [0.15, 0.2) is 54.7 Å². The van der Waals surface area contributed by atoms with E-state index in [4.69, 9.17) is 21.1 Å². The van der Waals surface area contributed by atoms with E-state index in [0.29, 0.717) is 23.2 Å². The fraction of sp³-hybridized carbons (Fsp3) is 0.357. The smallest absolute Gasteiger partial charge is 0.251 e. The first-order valence-electron chi connectivity index (χ1n) is 12.1. The lowest BCUT2D eigenvalue weighted by Crippen LogP contribution is -2.51. The first kappa shape index (κ1) is 25.8. The van der Waals surface area contributed by atoms with Crippen LogP contribution in [-0.4, -0.2) is 55.7 Å². The molecule has 1 fully saturated rings. The lowest BCUT2D eigenvalue weighted by atomic mass is 10.1. The second-order valence-corrected chi connectivity index (χ2v) is 9.48. The van der Waals surface area contributed by atoms with Crippen LogP contribution in [0.25, 0.3) is 0 Å². The molecule has 3 aromatic rings. The number of carbonyl (C=O) groups is 1. The predicted octanol–water partition coefficient (Wildman–Crippen LogP) is 4.70. The van der Waals surface area contributed by atoms with E-state index in [1.165, 1.54) is 5.56 Å². The molecule has 1 N–H and O–H groups in total. The number of ether oxygens (including phenoxy) is 2. The van der Waals surface area contributed by atoms with E-state index in [-0.39, 0.29) is 5.91 Å². The third-order valence-corrected chi connectivity index (χ3v) is 7.11. The van der Waals surface area contributed by atoms with Gasteiger partial charge in [-0.05, 0) is 66.9 Å². The van der Waals surface area contributed by atoms with Crippen molar-refractivity contribution in [2.75, 3.05) is 38.8 Å². The molecule has 8 heteroatoms. The number of piperazine rings is 1. The number of carbonyl (C=O) groups excluding carboxylic acids is 1. The van der Waals surface area contributed by atoms with E-state index in [1.807, 2.05) is 31.3 Å². The van der Waals surface area contributed by atoms with Crippen molar-refractivity contribution in [1.29, 1.82) is 0 Å². The molecule has 2 heterocycles. The zero-order valence-electron chi connectivity index (χ0n) is 21.3. The number of amides is 1. The molecular formula is C28H33ClN4O3. The molecular weight excluding hydrogens is 476 g/mol. The SMILES string of the molecule is COc1ccc(CN2CCN(c3cc(CNC(=O)c4cccc(Cl)c4C)ccn3)CC2C)cc1OC. The minimum Gasteiger partial charge on any atom is -0.493 e. The number of anilines is 1. The Labute approximate surface area is 218 Å². The van der Waals surface area contributed by atoms with Gasteiger partial charge in [-0.25, -0.2) is 4.98 Å². The second kappa shape index (κ2) is 11.6. The summed E-state index contributed by atoms with van der Waals surface area (Å²) in [5.41, 5.74) is 3.58. The summed E-state index contributed by atoms with van der Waals surface area (Å²) >= 11 is 6.17. The number of nitrogens with zero attached hydrogens (tertiary/aromatic N) is 3. The van der Waals surface area contributed by atoms with Gasteiger partial charge in [-0.15, -0.1) is 0 Å². The lowest BCUT2D eigenvalue weighted by Gasteiger charge is -2.40. The molecule has 1 atom stereocenters. The summed E-state index contributed by atoms with van der Waals surface area (Å²) in [4.78, 5) is 22.0. The molecule has 0 radical (unpaired) electrons. The molecule has 1 unspecified atom stereocenters. The fourth-order valence-electron chi connectivity index (χ4n) is 4.53. The topological polar surface area (TPSA) is 66.9 Å². The van der Waals surface area contributed by atoms with Crippen molar-refractivity contribution < 1.29 is 14.3 Å². The van der Waals surface area contributed by atoms with Gasteiger partial charge in [-0.2, -0.15) is 0 Å². The summed E-state index contributed by atoms with van der Waals surface area (Å²) in [6.07, 6.45) is 1.81. The Kier molecular flexibility index (Phi) is 8.33. The Hall–Kier alpha value is -3.29. The van der Waals surface area contributed by atoms with Gasteiger partial charge in [-0.1, -0.05) is 23.7 Å². The van der Waals surface area contributed by atoms with Crippen LogP contribution in [-0.2, 0) is 13.1 Å². The molecule has 7 nitrogen and oxygen atoms in total. The Morgan fingerprint density at radius 1 is 1.08 bits per heavy atom. The van der Waals surface area contributed by atoms with E-state index in [2.05, 4.69) is 39.2 Å². The molecule has 0 bridgehead atoms. The summed E-state index contributed by atoms with van der Waals surface area (Å²) in [6.45, 7) is 8.04. The molecule has 1 amide bonds. The highest BCUT2D eigenvalue weighted by Gasteiger charge is 2.25. The Bertz CT molecular complexity index is 1220. The van der Waals surface area contributed by atoms with E-state index in [9.17, 15) is 4.79 Å². The quantitative estimate of drug-likeness (QED) is 0.475. The number of aromatic nitrogens is 1. The maximum absolute atomic E-state index is 12.7. The van der Waals surface area contributed by atoms with Gasteiger partial charge in [0, 0.05) is 55.5 Å². The van der Waals surface area contributed by atoms with Crippen LogP contribution in [0.1, 0.15) is 34.0 Å². The standard InChI is InChI=1S/C28H33ClN4O3/c1-19-17-33(13-12-32(19)18-22-8-9-25(35-3)26(14-22)36-4)27-15-21(10-11-30-27)16-31-28(34)23-6-5-7-24(29)20(23)2/h5-11,14-15,19H,12-13,16-18H2,1-4H3,(H,31,34). The molecule has 1 aromatic heterocycles. The lowest BCUT2D eigenvalue weighted by molar-refractivity contribution is 0.0950. The molecule has 0 saturated carbocycles. The molecule has 4 rings (SSSR count). The van der Waals surface area contributed by atoms with Crippen molar-refractivity contribution in [3.8, 4) is 11.5 Å². The Morgan fingerprint density at radius 3 is 2.64 bits per heavy atom. The number of hydrogen-bond acceptors (Lipinski definition) is 6. The predicted molar refractivity (Wildman–Crippen MR) is 143 cm³/mol. The zero-order valence-corrected chi connectivity index (χ0v) is 22.0. The summed E-state index contributed by atoms with van der Waals surface area (Å²) in [5, 5.41) is 3.59. The number of benzene rings is 2. The van der Waals surface area contributed by atoms with Crippen LogP contribution in [0.4, 0.5) is 5.82 Å². The molecule has 1 aliphatic heterocycles. The maximum atomic E-state index is 12.7. The normalized spacial score (nSPS) is 16.0. The van der Waals surface area contributed by atoms with E-state index < -0.39 is 0 Å². The maximum Gasteiger partial charge on any atom is 0.251 e. The summed E-state index contributed by atoms with van der Waals surface area (Å²) in [5.74, 6) is 2.29. The van der Waals surface area contributed by atoms with Gasteiger partial charge in [0.1, 0.15) is 5.82 Å². The number of methoxy groups -OCH3 is 2. The molecule has 0 aliphatic carbocycles. The van der Waals surface area contributed by atoms with Crippen molar-refractivity contribution in [1.82, 2.24) is 15.2 Å². The number of hydrogen-bond donors (Lipinski definition) is 1. The van der Waals surface area contributed by atoms with Gasteiger partial charge in [0.2, 0.25) is 0 Å². The van der Waals surface area contributed by atoms with Gasteiger partial charge in [0.05, 0.1) is 14.2 Å². The number of nitrogens with one attached hydrogen (secondary N) is 1. The van der Waals surface area contributed by atoms with Crippen molar-refractivity contribution in [3.63, 3.8) is 0 Å². The number of rotatable bonds is 8. The van der Waals surface area contributed by atoms with Gasteiger partial charge in [0.25, 0.3) is 5.91 Å². The van der Waals surface area contributed by atoms with Gasteiger partial charge < -0.3 is 19.7 Å². The van der Waals surface area contributed by atoms with Crippen molar-refractivity contribution >= 4 is 23.3 Å². The van der Waals surface area contributed by atoms with Gasteiger partial charge in [-0.3, -0.25) is 9.69 Å². The highest BCUT2D eigenvalue weighted by Crippen LogP contribution is 2.29. The summed E-state index contributed by atoms with van der Waals surface area (Å²) in [6, 6.07) is 15.8. The third kappa shape index (κ3) is 5.91. The molecule has 0 spiro atoms. The molecule has 2 aromatic carbocycles. The van der Waals surface area contributed by atoms with Crippen molar-refractivity contribution in [2.45, 2.75) is 33.0 Å². The highest BCUT2D eigenvalue weighted by molar-refractivity contribution is 6.31. The van der Waals surface area contributed by atoms with Crippen LogP contribution in [0, 0.1) is 6.92 Å². The molecule has 1 saturated heterocycles. The van der Waals surface area contributed by atoms with E-state index >= 15 is 0 Å². The largest absolute Gasteiger partial charge is 0.493 e. The van der Waals surface area contributed by atoms with Crippen LogP contribution in [0.5, 0.6) is 11.5 Å². The first-order chi connectivity index (χ1) is 17.4. The fourth-order valence-corrected chi connectivity index (χ4v) is 4.70. The Balaban J connectivity index is 1.36. The van der Waals surface area contributed by atoms with Crippen LogP contribution < -0.4 is 19.7 Å². The van der Waals surface area contributed by atoms with E-state index in [1.54, 1.807) is 32.4 Å². The minimum atomic E-state index is -0.134. The van der Waals surface area contributed by atoms with Gasteiger partial charge >= 0.3 is 0 Å². The first-order valence-corrected chi connectivity index (χ1v) is 12.5. The minimum absolute atomic E-state index is 0.134. The van der Waals surface area contributed by atoms with Gasteiger partial charge in [0.15, 0.2) is 11.5 Å². The third-order valence-electron chi connectivity index (χ3n) is 6.70.